The van der Waals surface area contributed by atoms with Crippen molar-refractivity contribution in [3.05, 3.63) is 0 Å². The molecule has 8 nitrogen and oxygen atoms in total. The fraction of sp³-hybridized carbons (Fsp3) is 0.786. The van der Waals surface area contributed by atoms with Crippen LogP contribution in [0.15, 0.2) is 0 Å². The second kappa shape index (κ2) is 10.1. The van der Waals surface area contributed by atoms with Crippen molar-refractivity contribution in [2.45, 2.75) is 38.8 Å². The van der Waals surface area contributed by atoms with E-state index in [-0.39, 0.29) is 19.6 Å². The summed E-state index contributed by atoms with van der Waals surface area (Å²) >= 11 is 0. The Balaban J connectivity index is 4.43. The summed E-state index contributed by atoms with van der Waals surface area (Å²) in [5.74, 6) is -1.87. The van der Waals surface area contributed by atoms with Crippen LogP contribution in [-0.4, -0.2) is 63.5 Å². The van der Waals surface area contributed by atoms with Gasteiger partial charge in [-0.2, -0.15) is 0 Å². The number of esters is 2. The van der Waals surface area contributed by atoms with Crippen molar-refractivity contribution < 1.29 is 33.3 Å². The molecule has 0 bridgehead atoms. The minimum absolute atomic E-state index is 0.245. The second-order valence-corrected chi connectivity index (χ2v) is 5.48. The molecule has 0 heterocycles. The van der Waals surface area contributed by atoms with E-state index in [2.05, 4.69) is 10.1 Å². The molecule has 128 valence electrons. The zero-order valence-corrected chi connectivity index (χ0v) is 13.8. The van der Waals surface area contributed by atoms with Crippen molar-refractivity contribution in [3.8, 4) is 0 Å². The summed E-state index contributed by atoms with van der Waals surface area (Å²) in [7, 11) is 2.68. The van der Waals surface area contributed by atoms with Gasteiger partial charge in [-0.25, -0.2) is 4.79 Å². The van der Waals surface area contributed by atoms with Crippen molar-refractivity contribution in [3.63, 3.8) is 0 Å². The molecule has 0 aromatic heterocycles. The lowest BCUT2D eigenvalue weighted by atomic mass is 10.1. The van der Waals surface area contributed by atoms with E-state index < -0.39 is 29.5 Å². The van der Waals surface area contributed by atoms with Gasteiger partial charge in [-0.1, -0.05) is 0 Å². The number of hydrogen-bond acceptors (Lipinski definition) is 7. The Bertz CT molecular complexity index is 376. The maximum Gasteiger partial charge on any atom is 0.328 e. The first-order chi connectivity index (χ1) is 10.2. The minimum Gasteiger partial charge on any atom is -0.467 e. The monoisotopic (exact) mass is 319 g/mol. The van der Waals surface area contributed by atoms with Gasteiger partial charge in [-0.05, 0) is 20.8 Å². The van der Waals surface area contributed by atoms with Crippen molar-refractivity contribution >= 4 is 17.8 Å². The zero-order valence-electron chi connectivity index (χ0n) is 13.8. The highest BCUT2D eigenvalue weighted by Crippen LogP contribution is 2.09. The molecule has 0 fully saturated rings. The van der Waals surface area contributed by atoms with Gasteiger partial charge < -0.3 is 24.3 Å². The molecule has 1 amide bonds. The van der Waals surface area contributed by atoms with Gasteiger partial charge in [0.15, 0.2) is 0 Å². The molecule has 0 saturated heterocycles. The van der Waals surface area contributed by atoms with Gasteiger partial charge >= 0.3 is 11.9 Å². The number of rotatable bonds is 9. The first-order valence-corrected chi connectivity index (χ1v) is 6.85. The summed E-state index contributed by atoms with van der Waals surface area (Å²) in [6.07, 6.45) is -0.312. The molecule has 0 unspecified atom stereocenters. The summed E-state index contributed by atoms with van der Waals surface area (Å²) in [4.78, 5) is 35.0. The average Bonchev–Trinajstić information content (AvgIpc) is 2.40. The second-order valence-electron chi connectivity index (χ2n) is 5.48. The van der Waals surface area contributed by atoms with Crippen LogP contribution in [0.2, 0.25) is 0 Å². The highest BCUT2D eigenvalue weighted by Gasteiger charge is 2.27. The van der Waals surface area contributed by atoms with Gasteiger partial charge in [-0.3, -0.25) is 9.59 Å². The molecule has 0 radical (unpaired) electrons. The van der Waals surface area contributed by atoms with Crippen LogP contribution in [0.3, 0.4) is 0 Å². The predicted octanol–water partition coefficient (Wildman–Crippen LogP) is 0.0390. The standard InChI is InChI=1S/C14H25NO7/c1-14(2,3)22-12(17)8-10(13(18)20-5)15-11(16)9-21-7-6-19-4/h10H,6-9H2,1-5H3,(H,15,16)/t10-/m0/s1. The van der Waals surface area contributed by atoms with Crippen LogP contribution in [0.5, 0.6) is 0 Å². The molecule has 0 rings (SSSR count). The van der Waals surface area contributed by atoms with E-state index in [0.29, 0.717) is 6.61 Å². The number of carbonyl (C=O) groups excluding carboxylic acids is 3. The molecule has 1 atom stereocenters. The molecule has 0 saturated carbocycles. The van der Waals surface area contributed by atoms with Crippen molar-refractivity contribution in [1.82, 2.24) is 5.32 Å². The topological polar surface area (TPSA) is 100 Å². The molecule has 0 aliphatic heterocycles. The summed E-state index contributed by atoms with van der Waals surface area (Å²) in [5, 5.41) is 2.38. The van der Waals surface area contributed by atoms with Gasteiger partial charge in [0.05, 0.1) is 26.7 Å². The third kappa shape index (κ3) is 10.1. The highest BCUT2D eigenvalue weighted by atomic mass is 16.6. The van der Waals surface area contributed by atoms with Crippen molar-refractivity contribution in [1.29, 1.82) is 0 Å². The van der Waals surface area contributed by atoms with Crippen molar-refractivity contribution in [2.24, 2.45) is 0 Å². The first kappa shape index (κ1) is 20.3. The molecule has 0 aromatic carbocycles. The number of carbonyl (C=O) groups is 3. The Kier molecular flexibility index (Phi) is 9.35. The van der Waals surface area contributed by atoms with E-state index in [1.165, 1.54) is 14.2 Å². The fourth-order valence-electron chi connectivity index (χ4n) is 1.43. The Morgan fingerprint density at radius 3 is 2.23 bits per heavy atom. The number of hydrogen-bond donors (Lipinski definition) is 1. The predicted molar refractivity (Wildman–Crippen MR) is 77.1 cm³/mol. The zero-order chi connectivity index (χ0) is 17.2. The number of ether oxygens (including phenoxy) is 4. The lowest BCUT2D eigenvalue weighted by Gasteiger charge is -2.22. The van der Waals surface area contributed by atoms with Gasteiger partial charge in [0.2, 0.25) is 5.91 Å². The molecule has 1 N–H and O–H groups in total. The van der Waals surface area contributed by atoms with E-state index in [4.69, 9.17) is 14.2 Å². The van der Waals surface area contributed by atoms with Crippen LogP contribution in [0.25, 0.3) is 0 Å². The maximum atomic E-state index is 11.7. The molecular weight excluding hydrogens is 294 g/mol. The third-order valence-corrected chi connectivity index (χ3v) is 2.28. The molecule has 0 aliphatic rings. The Morgan fingerprint density at radius 1 is 1.09 bits per heavy atom. The van der Waals surface area contributed by atoms with Crippen LogP contribution in [-0.2, 0) is 33.3 Å². The van der Waals surface area contributed by atoms with Crippen LogP contribution in [0.4, 0.5) is 0 Å². The summed E-state index contributed by atoms with van der Waals surface area (Å²) in [6, 6.07) is -1.11. The van der Waals surface area contributed by atoms with E-state index in [0.717, 1.165) is 0 Å². The number of amides is 1. The molecule has 0 aliphatic carbocycles. The summed E-state index contributed by atoms with van der Waals surface area (Å²) in [6.45, 7) is 5.48. The first-order valence-electron chi connectivity index (χ1n) is 6.85. The molecule has 0 spiro atoms. The average molecular weight is 319 g/mol. The van der Waals surface area contributed by atoms with Gasteiger partial charge in [-0.15, -0.1) is 0 Å². The normalized spacial score (nSPS) is 12.4. The third-order valence-electron chi connectivity index (χ3n) is 2.28. The van der Waals surface area contributed by atoms with Crippen LogP contribution in [0, 0.1) is 0 Å². The van der Waals surface area contributed by atoms with Crippen LogP contribution < -0.4 is 5.32 Å². The van der Waals surface area contributed by atoms with Crippen LogP contribution in [0.1, 0.15) is 27.2 Å². The Hall–Kier alpha value is -1.67. The fourth-order valence-corrected chi connectivity index (χ4v) is 1.43. The molecular formula is C14H25NO7. The molecule has 8 heteroatoms. The summed E-state index contributed by atoms with van der Waals surface area (Å²) < 4.78 is 19.5. The van der Waals surface area contributed by atoms with Crippen LogP contribution >= 0.6 is 0 Å². The van der Waals surface area contributed by atoms with E-state index in [1.807, 2.05) is 0 Å². The largest absolute Gasteiger partial charge is 0.467 e. The van der Waals surface area contributed by atoms with E-state index in [9.17, 15) is 14.4 Å². The minimum atomic E-state index is -1.11. The van der Waals surface area contributed by atoms with E-state index in [1.54, 1.807) is 20.8 Å². The van der Waals surface area contributed by atoms with Crippen molar-refractivity contribution in [2.75, 3.05) is 34.0 Å². The maximum absolute atomic E-state index is 11.7. The van der Waals surface area contributed by atoms with Gasteiger partial charge in [0.25, 0.3) is 0 Å². The lowest BCUT2D eigenvalue weighted by molar-refractivity contribution is -0.159. The highest BCUT2D eigenvalue weighted by molar-refractivity contribution is 5.88. The summed E-state index contributed by atoms with van der Waals surface area (Å²) in [5.41, 5.74) is -0.676. The smallest absolute Gasteiger partial charge is 0.328 e. The number of methoxy groups -OCH3 is 2. The number of nitrogens with one attached hydrogen (secondary N) is 1. The van der Waals surface area contributed by atoms with Gasteiger partial charge in [0, 0.05) is 7.11 Å². The SMILES string of the molecule is COCCOCC(=O)N[C@@H](CC(=O)OC(C)(C)C)C(=O)OC. The van der Waals surface area contributed by atoms with Gasteiger partial charge in [0.1, 0.15) is 18.2 Å². The quantitative estimate of drug-likeness (QED) is 0.473. The molecule has 22 heavy (non-hydrogen) atoms. The van der Waals surface area contributed by atoms with E-state index >= 15 is 0 Å². The lowest BCUT2D eigenvalue weighted by Crippen LogP contribution is -2.45. The Morgan fingerprint density at radius 2 is 1.73 bits per heavy atom. The molecule has 0 aromatic rings. The Labute approximate surface area is 130 Å².